The van der Waals surface area contributed by atoms with E-state index in [-0.39, 0.29) is 0 Å². The first-order valence-electron chi connectivity index (χ1n) is 2.70. The third-order valence-electron chi connectivity index (χ3n) is 1.11. The molecule has 0 bridgehead atoms. The van der Waals surface area contributed by atoms with Crippen LogP contribution in [0.2, 0.25) is 0 Å². The number of hydrogen-bond acceptors (Lipinski definition) is 2. The summed E-state index contributed by atoms with van der Waals surface area (Å²) in [5.41, 5.74) is 0.731. The second-order valence-electron chi connectivity index (χ2n) is 1.76. The Bertz CT molecular complexity index is 220. The van der Waals surface area contributed by atoms with Crippen LogP contribution >= 0.6 is 30.1 Å². The van der Waals surface area contributed by atoms with Crippen LogP contribution in [-0.2, 0) is 0 Å². The molecule has 52 valence electrons. The fourth-order valence-corrected chi connectivity index (χ4v) is 1.72. The lowest BCUT2D eigenvalue weighted by atomic mass is 10.2. The highest BCUT2D eigenvalue weighted by atomic mass is 127. The largest absolute Gasteiger partial charge is 0.298 e. The molecule has 1 aromatic rings. The Balaban J connectivity index is 2.90. The molecule has 0 aliphatic heterocycles. The first-order chi connectivity index (χ1) is 4.86. The second kappa shape index (κ2) is 3.98. The zero-order chi connectivity index (χ0) is 7.40. The van der Waals surface area contributed by atoms with Gasteiger partial charge in [0, 0.05) is 31.7 Å². The molecule has 0 saturated heterocycles. The minimum atomic E-state index is 0.731. The number of halogens is 1. The van der Waals surface area contributed by atoms with Crippen molar-refractivity contribution in [1.29, 1.82) is 0 Å². The average Bonchev–Trinajstić information content (AvgIpc) is 2.05. The maximum absolute atomic E-state index is 10.2. The van der Waals surface area contributed by atoms with Gasteiger partial charge in [-0.05, 0) is 12.1 Å². The van der Waals surface area contributed by atoms with Gasteiger partial charge in [-0.3, -0.25) is 4.79 Å². The van der Waals surface area contributed by atoms with Crippen LogP contribution in [0.5, 0.6) is 0 Å². The van der Waals surface area contributed by atoms with Crippen LogP contribution in [0.25, 0.3) is 0 Å². The van der Waals surface area contributed by atoms with Gasteiger partial charge in [0.25, 0.3) is 0 Å². The molecule has 0 heterocycles. The van der Waals surface area contributed by atoms with Crippen molar-refractivity contribution < 1.29 is 4.79 Å². The Morgan fingerprint density at radius 2 is 1.90 bits per heavy atom. The van der Waals surface area contributed by atoms with Crippen molar-refractivity contribution in [3.63, 3.8) is 0 Å². The van der Waals surface area contributed by atoms with Crippen LogP contribution in [0.3, 0.4) is 0 Å². The summed E-state index contributed by atoms with van der Waals surface area (Å²) in [7, 11) is 1.64. The molecule has 10 heavy (non-hydrogen) atoms. The van der Waals surface area contributed by atoms with Gasteiger partial charge in [0.05, 0.1) is 0 Å². The smallest absolute Gasteiger partial charge is 0.150 e. The monoisotopic (exact) mass is 264 g/mol. The molecule has 0 aliphatic carbocycles. The Kier molecular flexibility index (Phi) is 3.21. The molecule has 0 radical (unpaired) electrons. The quantitative estimate of drug-likeness (QED) is 0.603. The predicted molar refractivity (Wildman–Crippen MR) is 51.7 cm³/mol. The lowest BCUT2D eigenvalue weighted by Gasteiger charge is -1.92. The minimum absolute atomic E-state index is 0.731. The first kappa shape index (κ1) is 8.07. The van der Waals surface area contributed by atoms with Gasteiger partial charge in [-0.2, -0.15) is 0 Å². The molecule has 1 aromatic carbocycles. The van der Waals surface area contributed by atoms with Gasteiger partial charge >= 0.3 is 0 Å². The Labute approximate surface area is 75.8 Å². The van der Waals surface area contributed by atoms with E-state index in [0.29, 0.717) is 0 Å². The first-order valence-corrected chi connectivity index (χ1v) is 6.06. The second-order valence-corrected chi connectivity index (χ2v) is 3.71. The highest BCUT2D eigenvalue weighted by molar-refractivity contribution is 14.2. The van der Waals surface area contributed by atoms with E-state index in [1.807, 2.05) is 24.3 Å². The van der Waals surface area contributed by atoms with Crippen molar-refractivity contribution in [2.24, 2.45) is 0 Å². The zero-order valence-corrected chi connectivity index (χ0v) is 8.06. The molecule has 1 rings (SSSR count). The van der Waals surface area contributed by atoms with E-state index in [1.54, 1.807) is 8.93 Å². The minimum Gasteiger partial charge on any atom is -0.298 e. The molecule has 0 saturated carbocycles. The Morgan fingerprint density at radius 1 is 1.30 bits per heavy atom. The summed E-state index contributed by atoms with van der Waals surface area (Å²) in [4.78, 5) is 11.4. The number of hydrogen-bond donors (Lipinski definition) is 0. The molecule has 0 aliphatic rings. The fraction of sp³-hybridized carbons (Fsp3) is 0. The summed E-state index contributed by atoms with van der Waals surface area (Å²) in [6.07, 6.45) is 0.849. The number of carbonyl (C=O) groups is 1. The number of carbonyl (C=O) groups excluding carboxylic acids is 1. The van der Waals surface area contributed by atoms with Gasteiger partial charge in [0.1, 0.15) is 6.29 Å². The van der Waals surface area contributed by atoms with Gasteiger partial charge in [0.15, 0.2) is 0 Å². The molecule has 3 heteroatoms. The van der Waals surface area contributed by atoms with Crippen LogP contribution in [0, 0.1) is 0 Å². The molecule has 0 amide bonds. The van der Waals surface area contributed by atoms with E-state index in [1.165, 1.54) is 4.90 Å². The summed E-state index contributed by atoms with van der Waals surface area (Å²) in [6, 6.07) is 7.49. The van der Waals surface area contributed by atoms with E-state index >= 15 is 0 Å². The highest BCUT2D eigenvalue weighted by Crippen LogP contribution is 2.24. The van der Waals surface area contributed by atoms with Crippen LogP contribution < -0.4 is 0 Å². The molecule has 0 unspecified atom stereocenters. The third-order valence-corrected chi connectivity index (χ3v) is 3.08. The molecular formula is C7H5IOS. The average molecular weight is 264 g/mol. The normalized spacial score (nSPS) is 9.30. The molecule has 0 aromatic heterocycles. The van der Waals surface area contributed by atoms with Gasteiger partial charge in [-0.25, -0.2) is 0 Å². The van der Waals surface area contributed by atoms with Crippen molar-refractivity contribution in [3.8, 4) is 0 Å². The molecule has 0 fully saturated rings. The van der Waals surface area contributed by atoms with Crippen molar-refractivity contribution in [2.45, 2.75) is 4.90 Å². The third kappa shape index (κ3) is 1.98. The van der Waals surface area contributed by atoms with Crippen molar-refractivity contribution in [2.75, 3.05) is 0 Å². The van der Waals surface area contributed by atoms with Gasteiger partial charge in [-0.1, -0.05) is 21.1 Å². The summed E-state index contributed by atoms with van der Waals surface area (Å²) >= 11 is 2.21. The SMILES string of the molecule is O=Cc1ccc(SI)cc1. The lowest BCUT2D eigenvalue weighted by Crippen LogP contribution is -1.76. The Morgan fingerprint density at radius 3 is 2.30 bits per heavy atom. The van der Waals surface area contributed by atoms with Crippen LogP contribution in [0.4, 0.5) is 0 Å². The van der Waals surface area contributed by atoms with Crippen molar-refractivity contribution in [3.05, 3.63) is 29.8 Å². The maximum Gasteiger partial charge on any atom is 0.150 e. The van der Waals surface area contributed by atoms with Gasteiger partial charge in [-0.15, -0.1) is 0 Å². The highest BCUT2D eigenvalue weighted by Gasteiger charge is 1.90. The van der Waals surface area contributed by atoms with E-state index in [9.17, 15) is 4.79 Å². The Hall–Kier alpha value is -0.0300. The van der Waals surface area contributed by atoms with Crippen molar-refractivity contribution >= 4 is 36.4 Å². The van der Waals surface area contributed by atoms with E-state index in [4.69, 9.17) is 0 Å². The van der Waals surface area contributed by atoms with Crippen LogP contribution in [0.1, 0.15) is 10.4 Å². The molecular weight excluding hydrogens is 259 g/mol. The fourth-order valence-electron chi connectivity index (χ4n) is 0.598. The van der Waals surface area contributed by atoms with Crippen LogP contribution in [-0.4, -0.2) is 6.29 Å². The zero-order valence-electron chi connectivity index (χ0n) is 5.08. The number of aldehydes is 1. The van der Waals surface area contributed by atoms with Gasteiger partial charge < -0.3 is 0 Å². The van der Waals surface area contributed by atoms with Gasteiger partial charge in [0.2, 0.25) is 0 Å². The standard InChI is InChI=1S/C7H5IOS/c8-10-7-3-1-6(5-9)2-4-7/h1-5H. The van der Waals surface area contributed by atoms with E-state index < -0.39 is 0 Å². The molecule has 0 N–H and O–H groups in total. The summed E-state index contributed by atoms with van der Waals surface area (Å²) in [5.74, 6) is 0. The maximum atomic E-state index is 10.2. The van der Waals surface area contributed by atoms with Crippen LogP contribution in [0.15, 0.2) is 29.2 Å². The number of benzene rings is 1. The molecule has 0 atom stereocenters. The molecule has 1 nitrogen and oxygen atoms in total. The summed E-state index contributed by atoms with van der Waals surface area (Å²) in [5, 5.41) is 0. The predicted octanol–water partition coefficient (Wildman–Crippen LogP) is 2.94. The lowest BCUT2D eigenvalue weighted by molar-refractivity contribution is 0.112. The summed E-state index contributed by atoms with van der Waals surface area (Å²) in [6.45, 7) is 0. The number of rotatable bonds is 2. The molecule has 0 spiro atoms. The topological polar surface area (TPSA) is 17.1 Å². The van der Waals surface area contributed by atoms with Crippen molar-refractivity contribution in [1.82, 2.24) is 0 Å². The summed E-state index contributed by atoms with van der Waals surface area (Å²) < 4.78 is 0. The van der Waals surface area contributed by atoms with E-state index in [0.717, 1.165) is 11.8 Å². The van der Waals surface area contributed by atoms with E-state index in [2.05, 4.69) is 21.2 Å².